The second-order valence-electron chi connectivity index (χ2n) is 9.17. The maximum absolute atomic E-state index is 10.1. The fraction of sp³-hybridized carbons (Fsp3) is 0.161. The number of oxazole rings is 1. The number of nitrogens with two attached hydrogens (primary N) is 1. The van der Waals surface area contributed by atoms with Crippen molar-refractivity contribution in [3.8, 4) is 34.4 Å². The number of ether oxygens (including phenoxy) is 1. The van der Waals surface area contributed by atoms with Gasteiger partial charge in [-0.1, -0.05) is 54.2 Å². The number of aliphatic hydroxyl groups is 2. The van der Waals surface area contributed by atoms with Crippen LogP contribution in [0, 0.1) is 24.8 Å². The van der Waals surface area contributed by atoms with E-state index in [2.05, 4.69) is 15.9 Å². The number of thioether (sulfide) groups is 1. The van der Waals surface area contributed by atoms with Gasteiger partial charge in [-0.25, -0.2) is 14.8 Å². The lowest BCUT2D eigenvalue weighted by molar-refractivity contribution is 0.0536. The van der Waals surface area contributed by atoms with Gasteiger partial charge in [-0.15, -0.1) is 0 Å². The molecule has 5 rings (SSSR count). The van der Waals surface area contributed by atoms with Crippen LogP contribution in [0.4, 0.5) is 11.5 Å². The van der Waals surface area contributed by atoms with Crippen molar-refractivity contribution in [3.05, 3.63) is 95.2 Å². The topological polar surface area (TPSA) is 143 Å². The van der Waals surface area contributed by atoms with E-state index in [1.807, 2.05) is 49.4 Å². The molecule has 0 amide bonds. The zero-order valence-corrected chi connectivity index (χ0v) is 22.9. The van der Waals surface area contributed by atoms with Crippen LogP contribution in [0.2, 0.25) is 0 Å². The summed E-state index contributed by atoms with van der Waals surface area (Å²) in [6.45, 7) is 9.05. The standard InChI is InChI=1S/C31H25N5O4S/c1-18-26(35-30(40-18)22-8-7-19-5-3-4-6-21(19)13-22)17-41-31-25(14-32)27(28(34-2)29(33)36-31)20-9-11-24(12-10-20)39-16-23(38)15-37/h3-13,23,37-38H,15-17H2,1H3,(H2,33,36)/t23-/m1/s1. The Hall–Kier alpha value is -4.87. The lowest BCUT2D eigenvalue weighted by atomic mass is 10.00. The van der Waals surface area contributed by atoms with Crippen molar-refractivity contribution in [2.75, 3.05) is 18.9 Å². The number of aliphatic hydroxyl groups excluding tert-OH is 2. The van der Waals surface area contributed by atoms with Gasteiger partial charge in [0.2, 0.25) is 11.6 Å². The van der Waals surface area contributed by atoms with Crippen molar-refractivity contribution in [2.45, 2.75) is 23.8 Å². The van der Waals surface area contributed by atoms with Crippen LogP contribution in [-0.2, 0) is 5.75 Å². The number of nitrogens with zero attached hydrogens (tertiary/aromatic N) is 4. The van der Waals surface area contributed by atoms with E-state index >= 15 is 0 Å². The summed E-state index contributed by atoms with van der Waals surface area (Å²) in [6, 6.07) is 23.0. The molecule has 4 N–H and O–H groups in total. The smallest absolute Gasteiger partial charge is 0.236 e. The fourth-order valence-corrected chi connectivity index (χ4v) is 5.28. The molecule has 2 aromatic heterocycles. The Bertz CT molecular complexity index is 1810. The number of hydrogen-bond donors (Lipinski definition) is 3. The SMILES string of the molecule is [C-]#[N+]c1c(N)nc(SCc2nc(-c3ccc4ccccc4c3)oc2C)c(C#N)c1-c1ccc(OC[C@H](O)CO)cc1. The zero-order valence-electron chi connectivity index (χ0n) is 22.0. The molecule has 10 heteroatoms. The highest BCUT2D eigenvalue weighted by Gasteiger charge is 2.22. The summed E-state index contributed by atoms with van der Waals surface area (Å²) in [5.41, 5.74) is 9.06. The predicted octanol–water partition coefficient (Wildman–Crippen LogP) is 5.89. The number of nitriles is 1. The lowest BCUT2D eigenvalue weighted by Gasteiger charge is -2.14. The fourth-order valence-electron chi connectivity index (χ4n) is 4.28. The van der Waals surface area contributed by atoms with Gasteiger partial charge in [-0.05, 0) is 47.5 Å². The molecule has 0 aliphatic carbocycles. The van der Waals surface area contributed by atoms with Crippen molar-refractivity contribution in [1.82, 2.24) is 9.97 Å². The molecule has 0 fully saturated rings. The molecule has 9 nitrogen and oxygen atoms in total. The number of benzene rings is 3. The molecule has 0 spiro atoms. The first kappa shape index (κ1) is 27.7. The molecule has 3 aromatic carbocycles. The Balaban J connectivity index is 1.42. The van der Waals surface area contributed by atoms with Gasteiger partial charge < -0.3 is 25.1 Å². The molecule has 0 saturated carbocycles. The molecular weight excluding hydrogens is 538 g/mol. The molecule has 41 heavy (non-hydrogen) atoms. The van der Waals surface area contributed by atoms with Crippen LogP contribution in [0.15, 0.2) is 76.2 Å². The predicted molar refractivity (Wildman–Crippen MR) is 157 cm³/mol. The van der Waals surface area contributed by atoms with Gasteiger partial charge in [0.25, 0.3) is 0 Å². The number of rotatable bonds is 9. The van der Waals surface area contributed by atoms with Crippen molar-refractivity contribution < 1.29 is 19.4 Å². The minimum Gasteiger partial charge on any atom is -0.491 e. The minimum absolute atomic E-state index is 0.0247. The monoisotopic (exact) mass is 563 g/mol. The van der Waals surface area contributed by atoms with Gasteiger partial charge in [0.05, 0.1) is 24.4 Å². The van der Waals surface area contributed by atoms with Crippen LogP contribution in [0.5, 0.6) is 5.75 Å². The molecule has 0 bridgehead atoms. The van der Waals surface area contributed by atoms with E-state index in [1.165, 1.54) is 11.8 Å². The van der Waals surface area contributed by atoms with E-state index in [-0.39, 0.29) is 23.7 Å². The summed E-state index contributed by atoms with van der Waals surface area (Å²) in [5, 5.41) is 31.2. The number of aromatic nitrogens is 2. The van der Waals surface area contributed by atoms with Gasteiger partial charge >= 0.3 is 0 Å². The first-order valence-electron chi connectivity index (χ1n) is 12.6. The van der Waals surface area contributed by atoms with E-state index in [4.69, 9.17) is 31.6 Å². The van der Waals surface area contributed by atoms with Gasteiger partial charge in [0.1, 0.15) is 41.1 Å². The summed E-state index contributed by atoms with van der Waals surface area (Å²) in [4.78, 5) is 12.7. The third-order valence-corrected chi connectivity index (χ3v) is 7.41. The van der Waals surface area contributed by atoms with Crippen LogP contribution < -0.4 is 10.5 Å². The van der Waals surface area contributed by atoms with Crippen molar-refractivity contribution in [1.29, 1.82) is 5.26 Å². The molecule has 5 aromatic rings. The summed E-state index contributed by atoms with van der Waals surface area (Å²) in [7, 11) is 0. The van der Waals surface area contributed by atoms with Crippen molar-refractivity contribution >= 4 is 34.0 Å². The van der Waals surface area contributed by atoms with Crippen molar-refractivity contribution in [3.63, 3.8) is 0 Å². The van der Waals surface area contributed by atoms with Crippen molar-refractivity contribution in [2.24, 2.45) is 0 Å². The quantitative estimate of drug-likeness (QED) is 0.148. The highest BCUT2D eigenvalue weighted by Crippen LogP contribution is 2.42. The van der Waals surface area contributed by atoms with E-state index < -0.39 is 12.7 Å². The number of fused-ring (bicyclic) bond motifs is 1. The molecule has 204 valence electrons. The third-order valence-electron chi connectivity index (χ3n) is 6.42. The molecule has 2 heterocycles. The zero-order chi connectivity index (χ0) is 28.9. The number of hydrogen-bond acceptors (Lipinski definition) is 9. The Morgan fingerprint density at radius 2 is 1.83 bits per heavy atom. The second-order valence-corrected chi connectivity index (χ2v) is 10.1. The summed E-state index contributed by atoms with van der Waals surface area (Å²) in [6.07, 6.45) is -0.995. The minimum atomic E-state index is -0.995. The number of anilines is 1. The number of pyridine rings is 1. The molecule has 0 aliphatic rings. The number of nitrogen functional groups attached to an aromatic ring is 1. The summed E-state index contributed by atoms with van der Waals surface area (Å²) < 4.78 is 11.5. The molecule has 0 saturated heterocycles. The highest BCUT2D eigenvalue weighted by molar-refractivity contribution is 7.98. The summed E-state index contributed by atoms with van der Waals surface area (Å²) >= 11 is 1.29. The average Bonchev–Trinajstić information content (AvgIpc) is 3.38. The maximum Gasteiger partial charge on any atom is 0.236 e. The number of aryl methyl sites for hydroxylation is 1. The highest BCUT2D eigenvalue weighted by atomic mass is 32.2. The lowest BCUT2D eigenvalue weighted by Crippen LogP contribution is -2.21. The van der Waals surface area contributed by atoms with Gasteiger partial charge in [0.15, 0.2) is 0 Å². The maximum atomic E-state index is 10.1. The molecule has 0 aliphatic heterocycles. The molecule has 0 radical (unpaired) electrons. The third kappa shape index (κ3) is 5.86. The van der Waals surface area contributed by atoms with Crippen LogP contribution in [0.3, 0.4) is 0 Å². The Morgan fingerprint density at radius 1 is 1.10 bits per heavy atom. The van der Waals surface area contributed by atoms with E-state index in [0.717, 1.165) is 16.3 Å². The van der Waals surface area contributed by atoms with Crippen LogP contribution >= 0.6 is 11.8 Å². The normalized spacial score (nSPS) is 11.6. The summed E-state index contributed by atoms with van der Waals surface area (Å²) in [5.74, 6) is 2.03. The Kier molecular flexibility index (Phi) is 8.18. The first-order chi connectivity index (χ1) is 19.9. The van der Waals surface area contributed by atoms with Gasteiger partial charge in [-0.3, -0.25) is 0 Å². The Labute approximate surface area is 240 Å². The second kappa shape index (κ2) is 12.1. The first-order valence-corrected chi connectivity index (χ1v) is 13.6. The van der Waals surface area contributed by atoms with Crippen LogP contribution in [-0.4, -0.2) is 39.5 Å². The van der Waals surface area contributed by atoms with E-state index in [9.17, 15) is 10.4 Å². The van der Waals surface area contributed by atoms with Gasteiger partial charge in [-0.2, -0.15) is 5.26 Å². The Morgan fingerprint density at radius 3 is 2.54 bits per heavy atom. The van der Waals surface area contributed by atoms with Crippen LogP contribution in [0.1, 0.15) is 17.0 Å². The molecule has 0 unspecified atom stereocenters. The van der Waals surface area contributed by atoms with E-state index in [0.29, 0.717) is 45.0 Å². The molecular formula is C31H25N5O4S. The van der Waals surface area contributed by atoms with Gasteiger partial charge in [0, 0.05) is 16.9 Å². The van der Waals surface area contributed by atoms with E-state index in [1.54, 1.807) is 24.3 Å². The molecule has 1 atom stereocenters. The van der Waals surface area contributed by atoms with Crippen LogP contribution in [0.25, 0.3) is 38.2 Å². The average molecular weight is 564 g/mol. The largest absolute Gasteiger partial charge is 0.491 e.